The van der Waals surface area contributed by atoms with Gasteiger partial charge in [-0.3, -0.25) is 0 Å². The number of carbonyl (C=O) groups is 1. The van der Waals surface area contributed by atoms with E-state index in [-0.39, 0.29) is 5.56 Å². The second-order valence-electron chi connectivity index (χ2n) is 2.59. The first kappa shape index (κ1) is 11.2. The van der Waals surface area contributed by atoms with Crippen molar-refractivity contribution in [3.8, 4) is 0 Å². The van der Waals surface area contributed by atoms with Crippen LogP contribution in [0, 0.1) is 0 Å². The Hall–Kier alpha value is -0.880. The summed E-state index contributed by atoms with van der Waals surface area (Å²) in [5.41, 5.74) is 0.657. The number of halogens is 1. The number of anilines is 1. The van der Waals surface area contributed by atoms with Crippen LogP contribution in [-0.4, -0.2) is 21.5 Å². The maximum absolute atomic E-state index is 10.8. The molecule has 0 spiro atoms. The predicted octanol–water partition coefficient (Wildman–Crippen LogP) is 1.85. The van der Waals surface area contributed by atoms with Crippen LogP contribution in [-0.2, 0) is 11.0 Å². The second kappa shape index (κ2) is 4.56. The number of carboxylic acid groups (broad SMARTS) is 1. The monoisotopic (exact) mass is 277 g/mol. The Bertz CT molecular complexity index is 394. The Morgan fingerprint density at radius 3 is 2.64 bits per heavy atom. The highest BCUT2D eigenvalue weighted by atomic mass is 79.9. The Labute approximate surface area is 92.0 Å². The minimum atomic E-state index is -1.21. The van der Waals surface area contributed by atoms with Crippen molar-refractivity contribution in [3.63, 3.8) is 0 Å². The van der Waals surface area contributed by atoms with Gasteiger partial charge in [0.05, 0.1) is 5.56 Å². The van der Waals surface area contributed by atoms with Gasteiger partial charge in [0.2, 0.25) is 0 Å². The highest BCUT2D eigenvalue weighted by Crippen LogP contribution is 2.19. The number of nitrogens with one attached hydrogen (secondary N) is 1. The largest absolute Gasteiger partial charge is 0.478 e. The van der Waals surface area contributed by atoms with E-state index < -0.39 is 17.0 Å². The molecule has 1 aromatic rings. The van der Waals surface area contributed by atoms with E-state index in [1.807, 2.05) is 0 Å². The zero-order valence-corrected chi connectivity index (χ0v) is 9.68. The summed E-state index contributed by atoms with van der Waals surface area (Å²) in [6, 6.07) is 4.56. The van der Waals surface area contributed by atoms with Crippen molar-refractivity contribution in [2.24, 2.45) is 0 Å². The highest BCUT2D eigenvalue weighted by Gasteiger charge is 2.06. The summed E-state index contributed by atoms with van der Waals surface area (Å²) in [5.74, 6) is -1.02. The quantitative estimate of drug-likeness (QED) is 0.886. The molecule has 0 aliphatic rings. The predicted molar refractivity (Wildman–Crippen MR) is 58.8 cm³/mol. The molecule has 6 heteroatoms. The van der Waals surface area contributed by atoms with E-state index in [2.05, 4.69) is 20.7 Å². The summed E-state index contributed by atoms with van der Waals surface area (Å²) in [4.78, 5) is 10.7. The summed E-state index contributed by atoms with van der Waals surface area (Å²) in [6.45, 7) is 0. The fourth-order valence-electron chi connectivity index (χ4n) is 0.938. The smallest absolute Gasteiger partial charge is 0.335 e. The molecule has 2 N–H and O–H groups in total. The van der Waals surface area contributed by atoms with Crippen molar-refractivity contribution in [1.82, 2.24) is 0 Å². The van der Waals surface area contributed by atoms with Gasteiger partial charge in [0.1, 0.15) is 11.0 Å². The molecule has 4 nitrogen and oxygen atoms in total. The van der Waals surface area contributed by atoms with E-state index >= 15 is 0 Å². The minimum absolute atomic E-state index is 0.146. The maximum Gasteiger partial charge on any atom is 0.335 e. The van der Waals surface area contributed by atoms with Crippen LogP contribution in [0.5, 0.6) is 0 Å². The molecule has 0 fully saturated rings. The standard InChI is InChI=1S/C8H8BrNO3S/c1-14(13)10-7-3-5(8(11)12)2-6(9)4-7/h2-4,10H,1H3,(H,11,12). The van der Waals surface area contributed by atoms with Crippen molar-refractivity contribution < 1.29 is 14.1 Å². The van der Waals surface area contributed by atoms with Crippen LogP contribution in [0.1, 0.15) is 10.4 Å². The first-order valence-corrected chi connectivity index (χ1v) is 5.98. The molecule has 1 atom stereocenters. The lowest BCUT2D eigenvalue weighted by Crippen LogP contribution is -2.03. The zero-order valence-electron chi connectivity index (χ0n) is 7.28. The van der Waals surface area contributed by atoms with E-state index in [0.717, 1.165) is 0 Å². The Balaban J connectivity index is 3.07. The van der Waals surface area contributed by atoms with E-state index in [0.29, 0.717) is 10.2 Å². The number of hydrogen-bond donors (Lipinski definition) is 2. The molecule has 0 aromatic heterocycles. The van der Waals surface area contributed by atoms with Gasteiger partial charge in [-0.2, -0.15) is 0 Å². The van der Waals surface area contributed by atoms with Crippen LogP contribution in [0.15, 0.2) is 22.7 Å². The van der Waals surface area contributed by atoms with Gasteiger partial charge in [0.15, 0.2) is 0 Å². The number of rotatable bonds is 3. The number of hydrogen-bond acceptors (Lipinski definition) is 2. The van der Waals surface area contributed by atoms with E-state index in [1.54, 1.807) is 6.07 Å². The molecule has 0 saturated heterocycles. The summed E-state index contributed by atoms with van der Waals surface area (Å²) in [7, 11) is -1.21. The van der Waals surface area contributed by atoms with E-state index in [9.17, 15) is 9.00 Å². The Morgan fingerprint density at radius 1 is 1.50 bits per heavy atom. The SMILES string of the molecule is CS(=O)Nc1cc(Br)cc(C(=O)O)c1. The average molecular weight is 278 g/mol. The summed E-state index contributed by atoms with van der Waals surface area (Å²) in [6.07, 6.45) is 1.47. The molecule has 0 aliphatic carbocycles. The minimum Gasteiger partial charge on any atom is -0.478 e. The van der Waals surface area contributed by atoms with Gasteiger partial charge in [-0.05, 0) is 18.2 Å². The molecule has 1 rings (SSSR count). The molecule has 1 unspecified atom stereocenters. The lowest BCUT2D eigenvalue weighted by Gasteiger charge is -2.04. The topological polar surface area (TPSA) is 66.4 Å². The Kier molecular flexibility index (Phi) is 3.65. The molecule has 76 valence electrons. The second-order valence-corrected chi connectivity index (χ2v) is 4.62. The first-order chi connectivity index (χ1) is 6.49. The van der Waals surface area contributed by atoms with E-state index in [1.165, 1.54) is 18.4 Å². The van der Waals surface area contributed by atoms with Crippen molar-refractivity contribution in [3.05, 3.63) is 28.2 Å². The Morgan fingerprint density at radius 2 is 2.14 bits per heavy atom. The van der Waals surface area contributed by atoms with Gasteiger partial charge in [-0.25, -0.2) is 9.00 Å². The molecule has 0 heterocycles. The van der Waals surface area contributed by atoms with Crippen LogP contribution < -0.4 is 4.72 Å². The fourth-order valence-corrected chi connectivity index (χ4v) is 1.88. The molecule has 0 aliphatic heterocycles. The molecular weight excluding hydrogens is 270 g/mol. The van der Waals surface area contributed by atoms with Gasteiger partial charge < -0.3 is 9.83 Å². The summed E-state index contributed by atoms with van der Waals surface area (Å²) >= 11 is 3.17. The van der Waals surface area contributed by atoms with Crippen LogP contribution in [0.3, 0.4) is 0 Å². The van der Waals surface area contributed by atoms with Crippen molar-refractivity contribution in [2.75, 3.05) is 11.0 Å². The van der Waals surface area contributed by atoms with Crippen molar-refractivity contribution >= 4 is 38.6 Å². The molecule has 0 amide bonds. The summed E-state index contributed by atoms with van der Waals surface area (Å²) < 4.78 is 14.1. The average Bonchev–Trinajstić information content (AvgIpc) is 2.01. The fraction of sp³-hybridized carbons (Fsp3) is 0.125. The third kappa shape index (κ3) is 3.12. The molecule has 1 aromatic carbocycles. The van der Waals surface area contributed by atoms with Gasteiger partial charge >= 0.3 is 5.97 Å². The number of aromatic carboxylic acids is 1. The normalized spacial score (nSPS) is 12.1. The van der Waals surface area contributed by atoms with Gasteiger partial charge in [0, 0.05) is 16.4 Å². The summed E-state index contributed by atoms with van der Waals surface area (Å²) in [5, 5.41) is 8.74. The first-order valence-electron chi connectivity index (χ1n) is 3.63. The van der Waals surface area contributed by atoms with Crippen molar-refractivity contribution in [1.29, 1.82) is 0 Å². The lowest BCUT2D eigenvalue weighted by atomic mass is 10.2. The van der Waals surface area contributed by atoms with Crippen LogP contribution in [0.4, 0.5) is 5.69 Å². The lowest BCUT2D eigenvalue weighted by molar-refractivity contribution is 0.0697. The van der Waals surface area contributed by atoms with Crippen LogP contribution >= 0.6 is 15.9 Å². The number of carboxylic acids is 1. The molecule has 14 heavy (non-hydrogen) atoms. The van der Waals surface area contributed by atoms with Gasteiger partial charge in [-0.15, -0.1) is 0 Å². The molecule has 0 bridgehead atoms. The third-order valence-corrected chi connectivity index (χ3v) is 2.39. The molecule has 0 saturated carbocycles. The van der Waals surface area contributed by atoms with Crippen LogP contribution in [0.2, 0.25) is 0 Å². The maximum atomic E-state index is 10.8. The molecule has 0 radical (unpaired) electrons. The van der Waals surface area contributed by atoms with Crippen molar-refractivity contribution in [2.45, 2.75) is 0 Å². The zero-order chi connectivity index (χ0) is 10.7. The highest BCUT2D eigenvalue weighted by molar-refractivity contribution is 9.10. The number of benzene rings is 1. The molecular formula is C8H8BrNO3S. The van der Waals surface area contributed by atoms with Crippen LogP contribution in [0.25, 0.3) is 0 Å². The third-order valence-electron chi connectivity index (χ3n) is 1.41. The van der Waals surface area contributed by atoms with E-state index in [4.69, 9.17) is 5.11 Å². The van der Waals surface area contributed by atoms with Gasteiger partial charge in [-0.1, -0.05) is 15.9 Å². The van der Waals surface area contributed by atoms with Gasteiger partial charge in [0.25, 0.3) is 0 Å².